The first kappa shape index (κ1) is 12.2. The molecule has 4 rings (SSSR count). The van der Waals surface area contributed by atoms with Crippen molar-refractivity contribution in [2.24, 2.45) is 0 Å². The van der Waals surface area contributed by atoms with Gasteiger partial charge in [0.2, 0.25) is 4.96 Å². The number of hydrogen-bond donors (Lipinski definition) is 0. The Labute approximate surface area is 124 Å². The number of hydrogen-bond acceptors (Lipinski definition) is 4. The number of nitrogens with zero attached hydrogens (tertiary/aromatic N) is 3. The fourth-order valence-electron chi connectivity index (χ4n) is 2.27. The molecular formula is C16H11N3OS. The van der Waals surface area contributed by atoms with Gasteiger partial charge in [-0.1, -0.05) is 53.3 Å². The van der Waals surface area contributed by atoms with Gasteiger partial charge in [0.1, 0.15) is 5.01 Å². The van der Waals surface area contributed by atoms with Crippen LogP contribution in [0, 0.1) is 6.92 Å². The van der Waals surface area contributed by atoms with E-state index in [0.29, 0.717) is 15.9 Å². The summed E-state index contributed by atoms with van der Waals surface area (Å²) in [6.45, 7) is 2.04. The summed E-state index contributed by atoms with van der Waals surface area (Å²) in [5, 5.41) is 5.82. The Morgan fingerprint density at radius 1 is 1.05 bits per heavy atom. The van der Waals surface area contributed by atoms with Crippen molar-refractivity contribution in [3.63, 3.8) is 0 Å². The maximum Gasteiger partial charge on any atom is 0.283 e. The largest absolute Gasteiger partial charge is 0.283 e. The molecular weight excluding hydrogens is 282 g/mol. The van der Waals surface area contributed by atoms with Crippen LogP contribution in [0.15, 0.2) is 53.3 Å². The van der Waals surface area contributed by atoms with Crippen LogP contribution >= 0.6 is 11.3 Å². The smallest absolute Gasteiger partial charge is 0.267 e. The molecule has 0 aliphatic rings. The van der Waals surface area contributed by atoms with Crippen molar-refractivity contribution < 1.29 is 0 Å². The van der Waals surface area contributed by atoms with Crippen molar-refractivity contribution >= 4 is 27.2 Å². The van der Waals surface area contributed by atoms with Crippen LogP contribution in [0.4, 0.5) is 0 Å². The minimum atomic E-state index is -0.120. The van der Waals surface area contributed by atoms with E-state index in [1.165, 1.54) is 21.4 Å². The van der Waals surface area contributed by atoms with E-state index < -0.39 is 0 Å². The summed E-state index contributed by atoms with van der Waals surface area (Å²) in [6, 6.07) is 15.4. The van der Waals surface area contributed by atoms with E-state index in [0.717, 1.165) is 10.6 Å². The predicted octanol–water partition coefficient (Wildman–Crippen LogP) is 3.28. The van der Waals surface area contributed by atoms with Gasteiger partial charge in [0.15, 0.2) is 0 Å². The molecule has 0 saturated heterocycles. The fourth-order valence-corrected chi connectivity index (χ4v) is 3.17. The van der Waals surface area contributed by atoms with Crippen LogP contribution in [0.25, 0.3) is 26.4 Å². The Morgan fingerprint density at radius 2 is 1.81 bits per heavy atom. The third kappa shape index (κ3) is 1.94. The van der Waals surface area contributed by atoms with E-state index in [4.69, 9.17) is 0 Å². The van der Waals surface area contributed by atoms with Crippen LogP contribution in [0.5, 0.6) is 0 Å². The molecule has 102 valence electrons. The molecule has 0 unspecified atom stereocenters. The quantitative estimate of drug-likeness (QED) is 0.541. The lowest BCUT2D eigenvalue weighted by molar-refractivity contribution is 0.919. The number of benzene rings is 2. The Balaban J connectivity index is 2.01. The molecule has 2 aromatic heterocycles. The highest BCUT2D eigenvalue weighted by Gasteiger charge is 2.11. The molecule has 0 amide bonds. The molecule has 0 fully saturated rings. The molecule has 2 heterocycles. The second-order valence-corrected chi connectivity index (χ2v) is 5.86. The van der Waals surface area contributed by atoms with Gasteiger partial charge in [0.25, 0.3) is 5.56 Å². The molecule has 0 radical (unpaired) electrons. The zero-order valence-corrected chi connectivity index (χ0v) is 12.1. The molecule has 2 aromatic carbocycles. The van der Waals surface area contributed by atoms with E-state index >= 15 is 0 Å². The topological polar surface area (TPSA) is 47.3 Å². The minimum absolute atomic E-state index is 0.120. The Morgan fingerprint density at radius 3 is 2.62 bits per heavy atom. The maximum absolute atomic E-state index is 12.5. The van der Waals surface area contributed by atoms with E-state index in [1.807, 2.05) is 49.4 Å². The highest BCUT2D eigenvalue weighted by Crippen LogP contribution is 2.25. The number of para-hydroxylation sites is 1. The van der Waals surface area contributed by atoms with E-state index in [9.17, 15) is 4.79 Å². The first-order valence-corrected chi connectivity index (χ1v) is 7.40. The molecule has 5 heteroatoms. The lowest BCUT2D eigenvalue weighted by Crippen LogP contribution is -2.14. The molecule has 0 atom stereocenters. The summed E-state index contributed by atoms with van der Waals surface area (Å²) in [5.41, 5.74) is 2.78. The first-order valence-electron chi connectivity index (χ1n) is 6.58. The van der Waals surface area contributed by atoms with Gasteiger partial charge in [-0.3, -0.25) is 4.79 Å². The lowest BCUT2D eigenvalue weighted by Gasteiger charge is -1.95. The van der Waals surface area contributed by atoms with Gasteiger partial charge >= 0.3 is 0 Å². The van der Waals surface area contributed by atoms with Crippen molar-refractivity contribution in [3.8, 4) is 10.6 Å². The van der Waals surface area contributed by atoms with Gasteiger partial charge in [-0.2, -0.15) is 9.61 Å². The minimum Gasteiger partial charge on any atom is -0.267 e. The van der Waals surface area contributed by atoms with Gasteiger partial charge in [-0.15, -0.1) is 0 Å². The Hall–Kier alpha value is -2.53. The third-order valence-corrected chi connectivity index (χ3v) is 4.36. The van der Waals surface area contributed by atoms with Crippen LogP contribution in [0.1, 0.15) is 5.56 Å². The Bertz CT molecular complexity index is 1020. The summed E-state index contributed by atoms with van der Waals surface area (Å²) >= 11 is 1.43. The predicted molar refractivity (Wildman–Crippen MR) is 84.8 cm³/mol. The molecule has 4 nitrogen and oxygen atoms in total. The van der Waals surface area contributed by atoms with Crippen molar-refractivity contribution in [2.75, 3.05) is 0 Å². The first-order chi connectivity index (χ1) is 10.2. The molecule has 0 aliphatic heterocycles. The molecule has 0 spiro atoms. The number of rotatable bonds is 1. The number of aromatic nitrogens is 3. The average Bonchev–Trinajstić information content (AvgIpc) is 2.92. The van der Waals surface area contributed by atoms with Crippen molar-refractivity contribution in [2.45, 2.75) is 6.92 Å². The normalized spacial score (nSPS) is 11.3. The molecule has 21 heavy (non-hydrogen) atoms. The average molecular weight is 293 g/mol. The van der Waals surface area contributed by atoms with E-state index in [2.05, 4.69) is 10.1 Å². The van der Waals surface area contributed by atoms with Crippen LogP contribution in [-0.4, -0.2) is 14.6 Å². The molecule has 0 bridgehead atoms. The van der Waals surface area contributed by atoms with Gasteiger partial charge in [0, 0.05) is 5.56 Å². The summed E-state index contributed by atoms with van der Waals surface area (Å²) in [5.74, 6) is 0. The third-order valence-electron chi connectivity index (χ3n) is 3.40. The van der Waals surface area contributed by atoms with Crippen molar-refractivity contribution in [3.05, 3.63) is 64.4 Å². The van der Waals surface area contributed by atoms with E-state index in [-0.39, 0.29) is 5.56 Å². The summed E-state index contributed by atoms with van der Waals surface area (Å²) in [6.07, 6.45) is 0. The molecule has 0 N–H and O–H groups in total. The van der Waals surface area contributed by atoms with E-state index in [1.54, 1.807) is 6.07 Å². The maximum atomic E-state index is 12.5. The molecule has 4 aromatic rings. The second-order valence-electron chi connectivity index (χ2n) is 4.90. The van der Waals surface area contributed by atoms with Gasteiger partial charge in [-0.25, -0.2) is 4.98 Å². The second kappa shape index (κ2) is 4.49. The molecule has 0 saturated carbocycles. The highest BCUT2D eigenvalue weighted by molar-refractivity contribution is 7.19. The van der Waals surface area contributed by atoms with Crippen LogP contribution in [0.2, 0.25) is 0 Å². The SMILES string of the molecule is Cc1ccc(-c2nn3c(=O)c4ccccc4nc3s2)cc1. The summed E-state index contributed by atoms with van der Waals surface area (Å²) in [4.78, 5) is 17.6. The number of fused-ring (bicyclic) bond motifs is 2. The summed E-state index contributed by atoms with van der Waals surface area (Å²) < 4.78 is 1.39. The standard InChI is InChI=1S/C16H11N3OS/c1-10-6-8-11(9-7-10)14-18-19-15(20)12-4-2-3-5-13(12)17-16(19)21-14/h2-9H,1H3. The monoisotopic (exact) mass is 293 g/mol. The van der Waals surface area contributed by atoms with Crippen molar-refractivity contribution in [1.82, 2.24) is 14.6 Å². The molecule has 0 aliphatic carbocycles. The van der Waals surface area contributed by atoms with Crippen LogP contribution in [-0.2, 0) is 0 Å². The van der Waals surface area contributed by atoms with Gasteiger partial charge in [0.05, 0.1) is 10.9 Å². The fraction of sp³-hybridized carbons (Fsp3) is 0.0625. The van der Waals surface area contributed by atoms with Gasteiger partial charge < -0.3 is 0 Å². The van der Waals surface area contributed by atoms with Gasteiger partial charge in [-0.05, 0) is 19.1 Å². The number of aryl methyl sites for hydroxylation is 1. The zero-order valence-electron chi connectivity index (χ0n) is 11.3. The van der Waals surface area contributed by atoms with Crippen LogP contribution < -0.4 is 5.56 Å². The summed E-state index contributed by atoms with van der Waals surface area (Å²) in [7, 11) is 0. The zero-order chi connectivity index (χ0) is 14.4. The van der Waals surface area contributed by atoms with Crippen LogP contribution in [0.3, 0.4) is 0 Å². The Kier molecular flexibility index (Phi) is 2.62. The highest BCUT2D eigenvalue weighted by atomic mass is 32.1. The lowest BCUT2D eigenvalue weighted by atomic mass is 10.2. The van der Waals surface area contributed by atoms with Crippen molar-refractivity contribution in [1.29, 1.82) is 0 Å².